The molecule has 4 nitrogen and oxygen atoms in total. The van der Waals surface area contributed by atoms with E-state index >= 15 is 0 Å². The predicted molar refractivity (Wildman–Crippen MR) is 117 cm³/mol. The van der Waals surface area contributed by atoms with Crippen molar-refractivity contribution >= 4 is 27.4 Å². The van der Waals surface area contributed by atoms with Crippen molar-refractivity contribution in [1.82, 2.24) is 15.3 Å². The van der Waals surface area contributed by atoms with E-state index in [1.807, 2.05) is 11.3 Å². The molecule has 2 aliphatic carbocycles. The summed E-state index contributed by atoms with van der Waals surface area (Å²) in [6.45, 7) is 1.07. The maximum atomic E-state index is 4.62. The summed E-state index contributed by atoms with van der Waals surface area (Å²) >= 11 is 1.87. The minimum atomic E-state index is 0.530. The van der Waals surface area contributed by atoms with Gasteiger partial charge < -0.3 is 10.6 Å². The standard InChI is InChI=1S/C23H28N4S/c1-2-5-16(6-3-1)13-14-24-17-9-11-18(12-10-17)27-22-21-19-7-4-8-20(19)28-23(21)26-15-25-22/h1-3,5-6,15,17-18,24H,4,7-14H2,(H,25,26,27). The molecule has 2 aliphatic rings. The fraction of sp³-hybridized carbons (Fsp3) is 0.478. The highest BCUT2D eigenvalue weighted by Gasteiger charge is 2.24. The summed E-state index contributed by atoms with van der Waals surface area (Å²) in [6.07, 6.45) is 11.4. The number of aromatic nitrogens is 2. The van der Waals surface area contributed by atoms with Crippen LogP contribution in [0, 0.1) is 0 Å². The molecule has 2 N–H and O–H groups in total. The Labute approximate surface area is 170 Å². The summed E-state index contributed by atoms with van der Waals surface area (Å²) in [5.41, 5.74) is 2.93. The van der Waals surface area contributed by atoms with Crippen LogP contribution in [0.3, 0.4) is 0 Å². The largest absolute Gasteiger partial charge is 0.367 e. The Morgan fingerprint density at radius 2 is 1.79 bits per heavy atom. The number of fused-ring (bicyclic) bond motifs is 3. The van der Waals surface area contributed by atoms with Crippen LogP contribution in [0.4, 0.5) is 5.82 Å². The van der Waals surface area contributed by atoms with E-state index in [2.05, 4.69) is 50.9 Å². The highest BCUT2D eigenvalue weighted by Crippen LogP contribution is 2.39. The highest BCUT2D eigenvalue weighted by atomic mass is 32.1. The smallest absolute Gasteiger partial charge is 0.138 e. The summed E-state index contributed by atoms with van der Waals surface area (Å²) in [4.78, 5) is 11.8. The van der Waals surface area contributed by atoms with E-state index in [0.29, 0.717) is 12.1 Å². The van der Waals surface area contributed by atoms with Crippen LogP contribution in [0.1, 0.15) is 48.1 Å². The second kappa shape index (κ2) is 8.18. The molecule has 2 aromatic heterocycles. The minimum Gasteiger partial charge on any atom is -0.367 e. The maximum Gasteiger partial charge on any atom is 0.138 e. The van der Waals surface area contributed by atoms with Crippen molar-refractivity contribution in [3.05, 3.63) is 52.7 Å². The van der Waals surface area contributed by atoms with E-state index in [1.165, 1.54) is 71.2 Å². The van der Waals surface area contributed by atoms with Crippen molar-refractivity contribution in [3.8, 4) is 0 Å². The molecule has 5 rings (SSSR count). The highest BCUT2D eigenvalue weighted by molar-refractivity contribution is 7.19. The number of nitrogens with one attached hydrogen (secondary N) is 2. The van der Waals surface area contributed by atoms with Gasteiger partial charge in [0.25, 0.3) is 0 Å². The van der Waals surface area contributed by atoms with Gasteiger partial charge in [0.2, 0.25) is 0 Å². The molecule has 28 heavy (non-hydrogen) atoms. The van der Waals surface area contributed by atoms with Gasteiger partial charge in [-0.05, 0) is 69.0 Å². The zero-order chi connectivity index (χ0) is 18.8. The molecule has 5 heteroatoms. The first-order chi connectivity index (χ1) is 13.9. The van der Waals surface area contributed by atoms with Crippen molar-refractivity contribution in [1.29, 1.82) is 0 Å². The molecule has 2 heterocycles. The Morgan fingerprint density at radius 1 is 0.964 bits per heavy atom. The number of hydrogen-bond donors (Lipinski definition) is 2. The molecule has 0 saturated heterocycles. The fourth-order valence-electron chi connectivity index (χ4n) is 4.74. The number of rotatable bonds is 6. The molecule has 0 unspecified atom stereocenters. The van der Waals surface area contributed by atoms with E-state index < -0.39 is 0 Å². The van der Waals surface area contributed by atoms with E-state index in [9.17, 15) is 0 Å². The molecule has 146 valence electrons. The van der Waals surface area contributed by atoms with Gasteiger partial charge in [0.1, 0.15) is 17.0 Å². The summed E-state index contributed by atoms with van der Waals surface area (Å²) in [6, 6.07) is 11.9. The molecular formula is C23H28N4S. The van der Waals surface area contributed by atoms with Crippen molar-refractivity contribution in [2.45, 2.75) is 63.5 Å². The van der Waals surface area contributed by atoms with Crippen molar-refractivity contribution in [2.24, 2.45) is 0 Å². The molecule has 3 aromatic rings. The van der Waals surface area contributed by atoms with Crippen LogP contribution in [0.2, 0.25) is 0 Å². The number of anilines is 1. The van der Waals surface area contributed by atoms with Gasteiger partial charge in [-0.2, -0.15) is 0 Å². The first-order valence-electron chi connectivity index (χ1n) is 10.7. The third-order valence-corrected chi connectivity index (χ3v) is 7.46. The Balaban J connectivity index is 1.15. The predicted octanol–water partition coefficient (Wildman–Crippen LogP) is 4.74. The number of benzene rings is 1. The third kappa shape index (κ3) is 3.78. The molecule has 0 atom stereocenters. The fourth-order valence-corrected chi connectivity index (χ4v) is 5.97. The molecular weight excluding hydrogens is 364 g/mol. The van der Waals surface area contributed by atoms with Crippen molar-refractivity contribution in [2.75, 3.05) is 11.9 Å². The lowest BCUT2D eigenvalue weighted by Crippen LogP contribution is -2.38. The maximum absolute atomic E-state index is 4.62. The van der Waals surface area contributed by atoms with Crippen molar-refractivity contribution < 1.29 is 0 Å². The third-order valence-electron chi connectivity index (χ3n) is 6.26. The molecule has 0 aliphatic heterocycles. The van der Waals surface area contributed by atoms with Gasteiger partial charge in [-0.1, -0.05) is 30.3 Å². The Kier molecular flexibility index (Phi) is 5.28. The van der Waals surface area contributed by atoms with Crippen LogP contribution in [-0.2, 0) is 19.3 Å². The van der Waals surface area contributed by atoms with E-state index in [4.69, 9.17) is 0 Å². The monoisotopic (exact) mass is 392 g/mol. The van der Waals surface area contributed by atoms with Gasteiger partial charge in [0.05, 0.1) is 5.39 Å². The molecule has 1 aromatic carbocycles. The quantitative estimate of drug-likeness (QED) is 0.636. The number of hydrogen-bond acceptors (Lipinski definition) is 5. The topological polar surface area (TPSA) is 49.8 Å². The summed E-state index contributed by atoms with van der Waals surface area (Å²) in [7, 11) is 0. The van der Waals surface area contributed by atoms with Gasteiger partial charge in [-0.25, -0.2) is 9.97 Å². The summed E-state index contributed by atoms with van der Waals surface area (Å²) < 4.78 is 0. The number of thiophene rings is 1. The first kappa shape index (κ1) is 18.1. The van der Waals surface area contributed by atoms with Crippen LogP contribution in [0.25, 0.3) is 10.2 Å². The molecule has 0 radical (unpaired) electrons. The molecule has 1 saturated carbocycles. The number of nitrogens with zero attached hydrogens (tertiary/aromatic N) is 2. The van der Waals surface area contributed by atoms with Crippen LogP contribution in [-0.4, -0.2) is 28.6 Å². The molecule has 0 bridgehead atoms. The second-order valence-electron chi connectivity index (χ2n) is 8.14. The average molecular weight is 393 g/mol. The van der Waals surface area contributed by atoms with Crippen LogP contribution in [0.5, 0.6) is 0 Å². The van der Waals surface area contributed by atoms with Gasteiger partial charge in [0, 0.05) is 17.0 Å². The van der Waals surface area contributed by atoms with E-state index in [0.717, 1.165) is 18.8 Å². The summed E-state index contributed by atoms with van der Waals surface area (Å²) in [5, 5.41) is 8.84. The zero-order valence-corrected chi connectivity index (χ0v) is 17.1. The normalized spacial score (nSPS) is 21.7. The van der Waals surface area contributed by atoms with Crippen LogP contribution >= 0.6 is 11.3 Å². The van der Waals surface area contributed by atoms with E-state index in [1.54, 1.807) is 6.33 Å². The van der Waals surface area contributed by atoms with E-state index in [-0.39, 0.29) is 0 Å². The van der Waals surface area contributed by atoms with Crippen LogP contribution < -0.4 is 10.6 Å². The average Bonchev–Trinajstić information content (AvgIpc) is 3.32. The van der Waals surface area contributed by atoms with Gasteiger partial charge in [0.15, 0.2) is 0 Å². The lowest BCUT2D eigenvalue weighted by atomic mass is 9.91. The van der Waals surface area contributed by atoms with Gasteiger partial charge in [-0.3, -0.25) is 0 Å². The van der Waals surface area contributed by atoms with Gasteiger partial charge >= 0.3 is 0 Å². The minimum absolute atomic E-state index is 0.530. The van der Waals surface area contributed by atoms with Gasteiger partial charge in [-0.15, -0.1) is 11.3 Å². The molecule has 0 amide bonds. The lowest BCUT2D eigenvalue weighted by molar-refractivity contribution is 0.355. The SMILES string of the molecule is c1ccc(CCNC2CCC(Nc3ncnc4sc5c(c34)CCC5)CC2)cc1. The number of aryl methyl sites for hydroxylation is 2. The molecule has 1 fully saturated rings. The summed E-state index contributed by atoms with van der Waals surface area (Å²) in [5.74, 6) is 1.07. The first-order valence-corrected chi connectivity index (χ1v) is 11.5. The molecule has 0 spiro atoms. The van der Waals surface area contributed by atoms with Crippen molar-refractivity contribution in [3.63, 3.8) is 0 Å². The van der Waals surface area contributed by atoms with Crippen LogP contribution in [0.15, 0.2) is 36.7 Å². The second-order valence-corrected chi connectivity index (χ2v) is 9.23. The Bertz CT molecular complexity index is 928. The zero-order valence-electron chi connectivity index (χ0n) is 16.3. The Hall–Kier alpha value is -1.98. The Morgan fingerprint density at radius 3 is 2.64 bits per heavy atom. The lowest BCUT2D eigenvalue weighted by Gasteiger charge is -2.30.